The predicted molar refractivity (Wildman–Crippen MR) is 58.1 cm³/mol. The molecule has 0 saturated heterocycles. The molecule has 1 aromatic rings. The van der Waals surface area contributed by atoms with E-state index in [1.165, 1.54) is 18.2 Å². The minimum absolute atomic E-state index is 0.151. The molecule has 0 aliphatic carbocycles. The number of carbonyl (C=O) groups is 2. The molecule has 1 atom stereocenters. The highest BCUT2D eigenvalue weighted by Gasteiger charge is 2.18. The first-order valence-electron chi connectivity index (χ1n) is 4.80. The molecule has 4 N–H and O–H groups in total. The summed E-state index contributed by atoms with van der Waals surface area (Å²) in [6, 6.07) is 4.13. The number of carboxylic acids is 1. The number of nitrogens with two attached hydrogens (primary N) is 1. The van der Waals surface area contributed by atoms with E-state index >= 15 is 0 Å². The second-order valence-electron chi connectivity index (χ2n) is 3.36. The molecule has 5 heteroatoms. The number of aliphatic hydroxyl groups excluding tert-OH is 1. The number of carbonyl (C=O) groups excluding carboxylic acids is 1. The molecular weight excluding hydrogens is 210 g/mol. The lowest BCUT2D eigenvalue weighted by Gasteiger charge is -2.09. The Kier molecular flexibility index (Phi) is 3.63. The number of aliphatic carboxylic acids is 1. The van der Waals surface area contributed by atoms with E-state index in [2.05, 4.69) is 0 Å². The molecule has 1 unspecified atom stereocenters. The molecule has 0 aromatic heterocycles. The van der Waals surface area contributed by atoms with E-state index in [1.54, 1.807) is 6.92 Å². The van der Waals surface area contributed by atoms with Crippen molar-refractivity contribution in [3.05, 3.63) is 29.3 Å². The fourth-order valence-corrected chi connectivity index (χ4v) is 1.32. The molecule has 1 rings (SSSR count). The lowest BCUT2D eigenvalue weighted by Crippen LogP contribution is -2.12. The standard InChI is InChI=1S/C11H13NO4/c1-2-9(13)7-5-6(3-4-8(7)12)10(14)11(15)16/h3-5,10,14H,2,12H2,1H3,(H,15,16). The largest absolute Gasteiger partial charge is 0.479 e. The molecule has 0 saturated carbocycles. The van der Waals surface area contributed by atoms with Gasteiger partial charge in [0.05, 0.1) is 0 Å². The van der Waals surface area contributed by atoms with Crippen LogP contribution in [0, 0.1) is 0 Å². The van der Waals surface area contributed by atoms with E-state index in [9.17, 15) is 14.7 Å². The maximum absolute atomic E-state index is 11.5. The van der Waals surface area contributed by atoms with Crippen molar-refractivity contribution in [2.45, 2.75) is 19.4 Å². The minimum atomic E-state index is -1.64. The van der Waals surface area contributed by atoms with Gasteiger partial charge in [-0.15, -0.1) is 0 Å². The summed E-state index contributed by atoms with van der Waals surface area (Å²) in [5.41, 5.74) is 6.28. The number of anilines is 1. The summed E-state index contributed by atoms with van der Waals surface area (Å²) in [5.74, 6) is -1.54. The van der Waals surface area contributed by atoms with Gasteiger partial charge in [0.25, 0.3) is 0 Å². The van der Waals surface area contributed by atoms with Gasteiger partial charge in [-0.2, -0.15) is 0 Å². The monoisotopic (exact) mass is 223 g/mol. The van der Waals surface area contributed by atoms with Gasteiger partial charge >= 0.3 is 5.97 Å². The molecule has 0 heterocycles. The number of rotatable bonds is 4. The van der Waals surface area contributed by atoms with Crippen LogP contribution in [0.2, 0.25) is 0 Å². The third kappa shape index (κ3) is 2.38. The molecule has 86 valence electrons. The average molecular weight is 223 g/mol. The molecule has 5 nitrogen and oxygen atoms in total. The van der Waals surface area contributed by atoms with Crippen LogP contribution in [0.1, 0.15) is 35.4 Å². The number of aliphatic hydroxyl groups is 1. The fraction of sp³-hybridized carbons (Fsp3) is 0.273. The van der Waals surface area contributed by atoms with Gasteiger partial charge in [-0.25, -0.2) is 4.79 Å². The summed E-state index contributed by atoms with van der Waals surface area (Å²) in [6.07, 6.45) is -1.36. The van der Waals surface area contributed by atoms with Crippen molar-refractivity contribution in [2.75, 3.05) is 5.73 Å². The first kappa shape index (κ1) is 12.2. The highest BCUT2D eigenvalue weighted by atomic mass is 16.4. The summed E-state index contributed by atoms with van der Waals surface area (Å²) in [7, 11) is 0. The van der Waals surface area contributed by atoms with Crippen LogP contribution in [-0.4, -0.2) is 22.0 Å². The van der Waals surface area contributed by atoms with Crippen LogP contribution in [0.25, 0.3) is 0 Å². The van der Waals surface area contributed by atoms with Gasteiger partial charge in [0.15, 0.2) is 11.9 Å². The average Bonchev–Trinajstić information content (AvgIpc) is 2.27. The zero-order chi connectivity index (χ0) is 12.3. The maximum Gasteiger partial charge on any atom is 0.337 e. The Labute approximate surface area is 92.5 Å². The smallest absolute Gasteiger partial charge is 0.337 e. The molecule has 0 spiro atoms. The van der Waals surface area contributed by atoms with Crippen molar-refractivity contribution in [3.8, 4) is 0 Å². The molecule has 0 bridgehead atoms. The summed E-state index contributed by atoms with van der Waals surface area (Å²) in [5, 5.41) is 17.9. The number of carboxylic acid groups (broad SMARTS) is 1. The maximum atomic E-state index is 11.5. The molecule has 0 amide bonds. The quantitative estimate of drug-likeness (QED) is 0.521. The second-order valence-corrected chi connectivity index (χ2v) is 3.36. The third-order valence-electron chi connectivity index (χ3n) is 2.25. The molecule has 0 aliphatic rings. The van der Waals surface area contributed by atoms with Crippen molar-refractivity contribution >= 4 is 17.4 Å². The van der Waals surface area contributed by atoms with Crippen LogP contribution in [0.15, 0.2) is 18.2 Å². The van der Waals surface area contributed by atoms with Crippen LogP contribution in [-0.2, 0) is 4.79 Å². The Bertz CT molecular complexity index is 428. The van der Waals surface area contributed by atoms with Gasteiger partial charge in [0.2, 0.25) is 0 Å². The number of hydrogen-bond acceptors (Lipinski definition) is 4. The highest BCUT2D eigenvalue weighted by Crippen LogP contribution is 2.21. The van der Waals surface area contributed by atoms with E-state index in [0.717, 1.165) is 0 Å². The molecule has 16 heavy (non-hydrogen) atoms. The van der Waals surface area contributed by atoms with Crippen LogP contribution < -0.4 is 5.73 Å². The van der Waals surface area contributed by atoms with E-state index in [0.29, 0.717) is 0 Å². The molecule has 0 radical (unpaired) electrons. The topological polar surface area (TPSA) is 101 Å². The summed E-state index contributed by atoms with van der Waals surface area (Å²) < 4.78 is 0. The van der Waals surface area contributed by atoms with E-state index < -0.39 is 12.1 Å². The van der Waals surface area contributed by atoms with Gasteiger partial charge in [0.1, 0.15) is 0 Å². The molecule has 0 aliphatic heterocycles. The van der Waals surface area contributed by atoms with Gasteiger partial charge in [0, 0.05) is 17.7 Å². The SMILES string of the molecule is CCC(=O)c1cc(C(O)C(=O)O)ccc1N. The lowest BCUT2D eigenvalue weighted by atomic mass is 10.0. The number of Topliss-reactive ketones (excluding diaryl/α,β-unsaturated/α-hetero) is 1. The lowest BCUT2D eigenvalue weighted by molar-refractivity contribution is -0.146. The van der Waals surface area contributed by atoms with Crippen LogP contribution in [0.4, 0.5) is 5.69 Å². The second kappa shape index (κ2) is 4.76. The first-order chi connectivity index (χ1) is 7.47. The number of benzene rings is 1. The zero-order valence-electron chi connectivity index (χ0n) is 8.80. The first-order valence-corrected chi connectivity index (χ1v) is 4.80. The van der Waals surface area contributed by atoms with Crippen molar-refractivity contribution in [1.82, 2.24) is 0 Å². The number of nitrogen functional groups attached to an aromatic ring is 1. The van der Waals surface area contributed by atoms with Crippen molar-refractivity contribution in [3.63, 3.8) is 0 Å². The van der Waals surface area contributed by atoms with Crippen LogP contribution in [0.5, 0.6) is 0 Å². The van der Waals surface area contributed by atoms with Gasteiger partial charge in [-0.1, -0.05) is 13.0 Å². The van der Waals surface area contributed by atoms with Crippen molar-refractivity contribution < 1.29 is 19.8 Å². The fourth-order valence-electron chi connectivity index (χ4n) is 1.32. The van der Waals surface area contributed by atoms with Gasteiger partial charge in [-0.05, 0) is 17.7 Å². The molecular formula is C11H13NO4. The number of hydrogen-bond donors (Lipinski definition) is 3. The zero-order valence-corrected chi connectivity index (χ0v) is 8.80. The highest BCUT2D eigenvalue weighted by molar-refractivity contribution is 6.00. The van der Waals surface area contributed by atoms with Crippen LogP contribution >= 0.6 is 0 Å². The Morgan fingerprint density at radius 2 is 2.06 bits per heavy atom. The predicted octanol–water partition coefficient (Wildman–Crippen LogP) is 0.980. The molecule has 0 fully saturated rings. The molecule has 1 aromatic carbocycles. The Balaban J connectivity index is 3.17. The van der Waals surface area contributed by atoms with Crippen molar-refractivity contribution in [2.24, 2.45) is 0 Å². The summed E-state index contributed by atoms with van der Waals surface area (Å²) in [4.78, 5) is 22.0. The Morgan fingerprint density at radius 3 is 2.56 bits per heavy atom. The van der Waals surface area contributed by atoms with Gasteiger partial charge in [-0.3, -0.25) is 4.79 Å². The summed E-state index contributed by atoms with van der Waals surface area (Å²) >= 11 is 0. The Morgan fingerprint density at radius 1 is 1.44 bits per heavy atom. The number of ketones is 1. The van der Waals surface area contributed by atoms with Crippen LogP contribution in [0.3, 0.4) is 0 Å². The summed E-state index contributed by atoms with van der Waals surface area (Å²) in [6.45, 7) is 1.68. The minimum Gasteiger partial charge on any atom is -0.479 e. The van der Waals surface area contributed by atoms with Crippen molar-refractivity contribution in [1.29, 1.82) is 0 Å². The van der Waals surface area contributed by atoms with E-state index in [4.69, 9.17) is 10.8 Å². The van der Waals surface area contributed by atoms with Gasteiger partial charge < -0.3 is 15.9 Å². The van der Waals surface area contributed by atoms with E-state index in [1.807, 2.05) is 0 Å². The third-order valence-corrected chi connectivity index (χ3v) is 2.25. The normalized spacial score (nSPS) is 12.1. The Hall–Kier alpha value is -1.88. The van der Waals surface area contributed by atoms with E-state index in [-0.39, 0.29) is 29.0 Å².